The summed E-state index contributed by atoms with van der Waals surface area (Å²) in [6, 6.07) is 10.8. The minimum atomic E-state index is -4.72. The highest BCUT2D eigenvalue weighted by Gasteiger charge is 2.33. The molecule has 0 atom stereocenters. The molecule has 0 unspecified atom stereocenters. The normalized spacial score (nSPS) is 11.7. The molecule has 0 aliphatic heterocycles. The van der Waals surface area contributed by atoms with Crippen molar-refractivity contribution in [1.82, 2.24) is 0 Å². The number of phenols is 1. The Labute approximate surface area is 161 Å². The predicted octanol–water partition coefficient (Wildman–Crippen LogP) is 5.48. The molecule has 0 aliphatic carbocycles. The van der Waals surface area contributed by atoms with Crippen LogP contribution in [0, 0.1) is 10.1 Å². The number of carbonyl (C=O) groups excluding carboxylic acids is 1. The molecule has 3 rings (SSSR count). The lowest BCUT2D eigenvalue weighted by Gasteiger charge is -2.07. The van der Waals surface area contributed by atoms with Gasteiger partial charge in [0.25, 0.3) is 5.69 Å². The fourth-order valence-corrected chi connectivity index (χ4v) is 2.58. The fraction of sp³-hybridized carbons (Fsp3) is 0.0500. The summed E-state index contributed by atoms with van der Waals surface area (Å²) in [4.78, 5) is 22.4. The lowest BCUT2D eigenvalue weighted by atomic mass is 10.1. The van der Waals surface area contributed by atoms with Gasteiger partial charge in [-0.15, -0.1) is 0 Å². The van der Waals surface area contributed by atoms with Gasteiger partial charge in [-0.1, -0.05) is 12.1 Å². The average Bonchev–Trinajstić information content (AvgIpc) is 3.14. The van der Waals surface area contributed by atoms with Crippen molar-refractivity contribution in [2.75, 3.05) is 0 Å². The van der Waals surface area contributed by atoms with Gasteiger partial charge in [-0.25, -0.2) is 0 Å². The first kappa shape index (κ1) is 19.9. The number of rotatable bonds is 5. The standard InChI is InChI=1S/C20H12F3NO5/c21-20(22,23)12-5-8-14(16(11-12)24(27)28)19-10-7-13(29-19)6-9-18(26)15-3-1-2-4-17(15)25/h1-11,25H. The first-order valence-corrected chi connectivity index (χ1v) is 8.13. The highest BCUT2D eigenvalue weighted by atomic mass is 19.4. The molecular weight excluding hydrogens is 391 g/mol. The van der Waals surface area contributed by atoms with Crippen LogP contribution in [0.25, 0.3) is 17.4 Å². The number of ketones is 1. The maximum atomic E-state index is 12.8. The summed E-state index contributed by atoms with van der Waals surface area (Å²) >= 11 is 0. The molecule has 1 N–H and O–H groups in total. The largest absolute Gasteiger partial charge is 0.507 e. The summed E-state index contributed by atoms with van der Waals surface area (Å²) < 4.78 is 43.8. The molecule has 0 fully saturated rings. The van der Waals surface area contributed by atoms with E-state index in [4.69, 9.17) is 4.42 Å². The van der Waals surface area contributed by atoms with Crippen molar-refractivity contribution in [3.05, 3.63) is 87.7 Å². The van der Waals surface area contributed by atoms with Gasteiger partial charge in [0.15, 0.2) is 5.78 Å². The number of nitrogens with zero attached hydrogens (tertiary/aromatic N) is 1. The number of hydrogen-bond donors (Lipinski definition) is 1. The number of allylic oxidation sites excluding steroid dienone is 1. The van der Waals surface area contributed by atoms with Gasteiger partial charge in [-0.2, -0.15) is 13.2 Å². The van der Waals surface area contributed by atoms with Gasteiger partial charge in [0.05, 0.1) is 21.6 Å². The third-order valence-corrected chi connectivity index (χ3v) is 3.98. The Morgan fingerprint density at radius 2 is 1.83 bits per heavy atom. The Hall–Kier alpha value is -3.88. The Balaban J connectivity index is 1.89. The molecule has 0 spiro atoms. The average molecular weight is 403 g/mol. The maximum absolute atomic E-state index is 12.8. The molecule has 0 bridgehead atoms. The molecule has 148 valence electrons. The number of halogens is 3. The highest BCUT2D eigenvalue weighted by Crippen LogP contribution is 2.37. The van der Waals surface area contributed by atoms with Crippen molar-refractivity contribution in [2.24, 2.45) is 0 Å². The topological polar surface area (TPSA) is 93.6 Å². The van der Waals surface area contributed by atoms with Crippen LogP contribution >= 0.6 is 0 Å². The summed E-state index contributed by atoms with van der Waals surface area (Å²) in [6.45, 7) is 0. The summed E-state index contributed by atoms with van der Waals surface area (Å²) in [5.74, 6) is -0.567. The molecule has 1 aromatic heterocycles. The molecule has 6 nitrogen and oxygen atoms in total. The Bertz CT molecular complexity index is 1120. The molecule has 1 heterocycles. The molecule has 29 heavy (non-hydrogen) atoms. The van der Waals surface area contributed by atoms with Crippen LogP contribution in [0.2, 0.25) is 0 Å². The molecule has 2 aromatic carbocycles. The van der Waals surface area contributed by atoms with Crippen molar-refractivity contribution in [3.63, 3.8) is 0 Å². The summed E-state index contributed by atoms with van der Waals surface area (Å²) in [5.41, 5.74) is -1.95. The van der Waals surface area contributed by atoms with Crippen molar-refractivity contribution >= 4 is 17.5 Å². The lowest BCUT2D eigenvalue weighted by molar-refractivity contribution is -0.384. The van der Waals surface area contributed by atoms with Gasteiger partial charge in [0.2, 0.25) is 0 Å². The van der Waals surface area contributed by atoms with Crippen LogP contribution in [0.1, 0.15) is 21.7 Å². The number of benzene rings is 2. The van der Waals surface area contributed by atoms with Gasteiger partial charge in [-0.05, 0) is 48.6 Å². The van der Waals surface area contributed by atoms with Gasteiger partial charge < -0.3 is 9.52 Å². The second kappa shape index (κ2) is 7.63. The van der Waals surface area contributed by atoms with E-state index in [2.05, 4.69) is 0 Å². The number of alkyl halides is 3. The first-order chi connectivity index (χ1) is 13.7. The van der Waals surface area contributed by atoms with E-state index in [0.717, 1.165) is 18.2 Å². The summed E-state index contributed by atoms with van der Waals surface area (Å²) in [5, 5.41) is 20.9. The molecular formula is C20H12F3NO5. The summed E-state index contributed by atoms with van der Waals surface area (Å²) in [6.07, 6.45) is -2.29. The molecule has 0 amide bonds. The van der Waals surface area contributed by atoms with Crippen molar-refractivity contribution < 1.29 is 32.4 Å². The van der Waals surface area contributed by atoms with E-state index >= 15 is 0 Å². The molecule has 0 saturated carbocycles. The zero-order chi connectivity index (χ0) is 21.2. The minimum Gasteiger partial charge on any atom is -0.507 e. The number of hydrogen-bond acceptors (Lipinski definition) is 5. The van der Waals surface area contributed by atoms with E-state index in [9.17, 15) is 33.2 Å². The fourth-order valence-electron chi connectivity index (χ4n) is 2.58. The van der Waals surface area contributed by atoms with E-state index in [1.807, 2.05) is 0 Å². The van der Waals surface area contributed by atoms with Crippen LogP contribution in [0.5, 0.6) is 5.75 Å². The number of nitro groups is 1. The molecule has 0 saturated heterocycles. The number of para-hydroxylation sites is 1. The third kappa shape index (κ3) is 4.34. The molecule has 0 radical (unpaired) electrons. The Kier molecular flexibility index (Phi) is 5.22. The van der Waals surface area contributed by atoms with Gasteiger partial charge in [0, 0.05) is 6.07 Å². The highest BCUT2D eigenvalue weighted by molar-refractivity contribution is 6.08. The van der Waals surface area contributed by atoms with Crippen LogP contribution in [0.3, 0.4) is 0 Å². The monoisotopic (exact) mass is 403 g/mol. The molecule has 3 aromatic rings. The molecule has 0 aliphatic rings. The van der Waals surface area contributed by atoms with Crippen molar-refractivity contribution in [2.45, 2.75) is 6.18 Å². The van der Waals surface area contributed by atoms with Gasteiger partial charge >= 0.3 is 6.18 Å². The summed E-state index contributed by atoms with van der Waals surface area (Å²) in [7, 11) is 0. The first-order valence-electron chi connectivity index (χ1n) is 8.13. The second-order valence-corrected chi connectivity index (χ2v) is 5.90. The van der Waals surface area contributed by atoms with Crippen molar-refractivity contribution in [1.29, 1.82) is 0 Å². The van der Waals surface area contributed by atoms with E-state index in [0.29, 0.717) is 6.07 Å². The van der Waals surface area contributed by atoms with E-state index in [1.54, 1.807) is 12.1 Å². The number of furan rings is 1. The number of phenolic OH excluding ortho intramolecular Hbond substituents is 1. The smallest absolute Gasteiger partial charge is 0.416 e. The van der Waals surface area contributed by atoms with Gasteiger partial charge in [0.1, 0.15) is 17.3 Å². The van der Waals surface area contributed by atoms with E-state index in [-0.39, 0.29) is 28.4 Å². The van der Waals surface area contributed by atoms with Crippen molar-refractivity contribution in [3.8, 4) is 17.1 Å². The third-order valence-electron chi connectivity index (χ3n) is 3.98. The number of carbonyl (C=O) groups is 1. The zero-order valence-electron chi connectivity index (χ0n) is 14.5. The lowest BCUT2D eigenvalue weighted by Crippen LogP contribution is -2.06. The SMILES string of the molecule is O=C(C=Cc1ccc(-c2ccc(C(F)(F)F)cc2[N+](=O)[O-])o1)c1ccccc1O. The van der Waals surface area contributed by atoms with Crippen LogP contribution < -0.4 is 0 Å². The van der Waals surface area contributed by atoms with Gasteiger partial charge in [-0.3, -0.25) is 14.9 Å². The number of nitro benzene ring substituents is 1. The van der Waals surface area contributed by atoms with Crippen LogP contribution in [-0.2, 0) is 6.18 Å². The predicted molar refractivity (Wildman–Crippen MR) is 97.3 cm³/mol. The van der Waals surface area contributed by atoms with Crippen LogP contribution in [-0.4, -0.2) is 15.8 Å². The van der Waals surface area contributed by atoms with Crippen LogP contribution in [0.4, 0.5) is 18.9 Å². The number of aromatic hydroxyl groups is 1. The van der Waals surface area contributed by atoms with E-state index < -0.39 is 28.1 Å². The van der Waals surface area contributed by atoms with Crippen LogP contribution in [0.15, 0.2) is 65.1 Å². The van der Waals surface area contributed by atoms with E-state index in [1.165, 1.54) is 30.3 Å². The Morgan fingerprint density at radius 3 is 2.48 bits per heavy atom. The maximum Gasteiger partial charge on any atom is 0.416 e. The quantitative estimate of drug-likeness (QED) is 0.264. The molecule has 9 heteroatoms. The second-order valence-electron chi connectivity index (χ2n) is 5.90. The Morgan fingerprint density at radius 1 is 1.10 bits per heavy atom. The minimum absolute atomic E-state index is 0.0277. The zero-order valence-corrected chi connectivity index (χ0v) is 14.5.